The summed E-state index contributed by atoms with van der Waals surface area (Å²) in [6.45, 7) is 2.47. The van der Waals surface area contributed by atoms with E-state index in [2.05, 4.69) is 4.98 Å². The van der Waals surface area contributed by atoms with Crippen molar-refractivity contribution in [3.63, 3.8) is 0 Å². The van der Waals surface area contributed by atoms with Gasteiger partial charge in [0.25, 0.3) is 0 Å². The standard InChI is InChI=1S/C17H16N4O4/c22-12-3-1-2-11(8-12)13-9-21-10-14(17(23)24)19-16(21)15(18-13)20-4-6-25-7-5-20/h1-3,8-10,22H,4-7H2,(H,23,24). The fourth-order valence-electron chi connectivity index (χ4n) is 2.88. The fraction of sp³-hybridized carbons (Fsp3) is 0.235. The van der Waals surface area contributed by atoms with E-state index in [9.17, 15) is 15.0 Å². The third-order valence-corrected chi connectivity index (χ3v) is 4.09. The maximum atomic E-state index is 11.3. The Morgan fingerprint density at radius 2 is 1.96 bits per heavy atom. The average Bonchev–Trinajstić information content (AvgIpc) is 3.06. The summed E-state index contributed by atoms with van der Waals surface area (Å²) in [5, 5.41) is 19.0. The van der Waals surface area contributed by atoms with E-state index >= 15 is 0 Å². The zero-order chi connectivity index (χ0) is 17.4. The van der Waals surface area contributed by atoms with Gasteiger partial charge in [0.05, 0.1) is 18.9 Å². The first-order chi connectivity index (χ1) is 12.1. The van der Waals surface area contributed by atoms with Gasteiger partial charge in [0.15, 0.2) is 17.2 Å². The van der Waals surface area contributed by atoms with E-state index in [1.54, 1.807) is 28.8 Å². The molecule has 25 heavy (non-hydrogen) atoms. The quantitative estimate of drug-likeness (QED) is 0.747. The van der Waals surface area contributed by atoms with Gasteiger partial charge in [-0.3, -0.25) is 0 Å². The van der Waals surface area contributed by atoms with Crippen LogP contribution in [0.1, 0.15) is 10.5 Å². The van der Waals surface area contributed by atoms with Gasteiger partial charge in [0, 0.05) is 31.0 Å². The highest BCUT2D eigenvalue weighted by atomic mass is 16.5. The van der Waals surface area contributed by atoms with Gasteiger partial charge < -0.3 is 24.3 Å². The summed E-state index contributed by atoms with van der Waals surface area (Å²) in [7, 11) is 0. The SMILES string of the molecule is O=C(O)c1cn2cc(-c3cccc(O)c3)nc(N3CCOCC3)c2n1. The van der Waals surface area contributed by atoms with Gasteiger partial charge in [-0.25, -0.2) is 14.8 Å². The zero-order valence-corrected chi connectivity index (χ0v) is 13.3. The highest BCUT2D eigenvalue weighted by Gasteiger charge is 2.21. The molecule has 0 unspecified atom stereocenters. The number of nitrogens with zero attached hydrogens (tertiary/aromatic N) is 4. The second-order valence-corrected chi connectivity index (χ2v) is 5.76. The molecule has 128 valence electrons. The summed E-state index contributed by atoms with van der Waals surface area (Å²) in [6, 6.07) is 6.78. The molecule has 1 saturated heterocycles. The van der Waals surface area contributed by atoms with Crippen molar-refractivity contribution in [3.8, 4) is 17.0 Å². The van der Waals surface area contributed by atoms with Crippen LogP contribution in [-0.4, -0.2) is 56.9 Å². The smallest absolute Gasteiger partial charge is 0.356 e. The lowest BCUT2D eigenvalue weighted by molar-refractivity contribution is 0.0691. The Morgan fingerprint density at radius 3 is 2.68 bits per heavy atom. The number of carboxylic acid groups (broad SMARTS) is 1. The molecular formula is C17H16N4O4. The lowest BCUT2D eigenvalue weighted by Gasteiger charge is -2.28. The Balaban J connectivity index is 1.91. The number of aromatic carboxylic acids is 1. The van der Waals surface area contributed by atoms with E-state index in [4.69, 9.17) is 9.72 Å². The number of anilines is 1. The van der Waals surface area contributed by atoms with Crippen molar-refractivity contribution in [2.45, 2.75) is 0 Å². The largest absolute Gasteiger partial charge is 0.508 e. The Morgan fingerprint density at radius 1 is 1.16 bits per heavy atom. The van der Waals surface area contributed by atoms with Crippen LogP contribution in [0.4, 0.5) is 5.82 Å². The van der Waals surface area contributed by atoms with Crippen molar-refractivity contribution in [1.29, 1.82) is 0 Å². The average molecular weight is 340 g/mol. The monoisotopic (exact) mass is 340 g/mol. The number of carbonyl (C=O) groups is 1. The van der Waals surface area contributed by atoms with E-state index in [0.29, 0.717) is 43.5 Å². The maximum Gasteiger partial charge on any atom is 0.356 e. The summed E-state index contributed by atoms with van der Waals surface area (Å²) in [5.74, 6) is -0.337. The summed E-state index contributed by atoms with van der Waals surface area (Å²) in [4.78, 5) is 22.2. The van der Waals surface area contributed by atoms with E-state index in [0.717, 1.165) is 5.56 Å². The summed E-state index contributed by atoms with van der Waals surface area (Å²) < 4.78 is 7.05. The molecule has 1 aromatic carbocycles. The summed E-state index contributed by atoms with van der Waals surface area (Å²) >= 11 is 0. The Bertz CT molecular complexity index is 947. The molecule has 1 aliphatic heterocycles. The Hall–Kier alpha value is -3.13. The number of carboxylic acids is 1. The van der Waals surface area contributed by atoms with Gasteiger partial charge >= 0.3 is 5.97 Å². The molecule has 4 rings (SSSR count). The molecule has 2 aromatic heterocycles. The van der Waals surface area contributed by atoms with Crippen molar-refractivity contribution in [2.75, 3.05) is 31.2 Å². The first-order valence-electron chi connectivity index (χ1n) is 7.87. The number of hydrogen-bond donors (Lipinski definition) is 2. The molecule has 0 radical (unpaired) electrons. The minimum atomic E-state index is -1.09. The number of imidazole rings is 1. The fourth-order valence-corrected chi connectivity index (χ4v) is 2.88. The van der Waals surface area contributed by atoms with Crippen LogP contribution < -0.4 is 4.90 Å². The van der Waals surface area contributed by atoms with Crippen molar-refractivity contribution in [2.24, 2.45) is 0 Å². The topological polar surface area (TPSA) is 100 Å². The number of ether oxygens (including phenoxy) is 1. The van der Waals surface area contributed by atoms with Crippen LogP contribution in [0.3, 0.4) is 0 Å². The predicted octanol–water partition coefficient (Wildman–Crippen LogP) is 1.64. The van der Waals surface area contributed by atoms with Crippen molar-refractivity contribution in [1.82, 2.24) is 14.4 Å². The highest BCUT2D eigenvalue weighted by Crippen LogP contribution is 2.27. The molecule has 8 heteroatoms. The third kappa shape index (κ3) is 2.87. The Kier molecular flexibility index (Phi) is 3.73. The molecule has 1 aliphatic rings. The minimum Gasteiger partial charge on any atom is -0.508 e. The lowest BCUT2D eigenvalue weighted by atomic mass is 10.1. The second-order valence-electron chi connectivity index (χ2n) is 5.76. The normalized spacial score (nSPS) is 14.8. The number of phenolic OH excluding ortho intramolecular Hbond substituents is 1. The molecule has 0 bridgehead atoms. The molecule has 1 fully saturated rings. The zero-order valence-electron chi connectivity index (χ0n) is 13.3. The minimum absolute atomic E-state index is 0.0376. The van der Waals surface area contributed by atoms with Gasteiger partial charge in [0.2, 0.25) is 0 Å². The predicted molar refractivity (Wildman–Crippen MR) is 90.1 cm³/mol. The molecule has 8 nitrogen and oxygen atoms in total. The first kappa shape index (κ1) is 15.4. The number of fused-ring (bicyclic) bond motifs is 1. The van der Waals surface area contributed by atoms with Gasteiger partial charge in [-0.2, -0.15) is 0 Å². The van der Waals surface area contributed by atoms with Crippen molar-refractivity contribution >= 4 is 17.4 Å². The number of aromatic hydroxyl groups is 1. The van der Waals surface area contributed by atoms with Crippen molar-refractivity contribution < 1.29 is 19.7 Å². The van der Waals surface area contributed by atoms with E-state index in [-0.39, 0.29) is 11.4 Å². The molecule has 3 aromatic rings. The third-order valence-electron chi connectivity index (χ3n) is 4.09. The van der Waals surface area contributed by atoms with Crippen LogP contribution in [0, 0.1) is 0 Å². The van der Waals surface area contributed by atoms with Crippen LogP contribution in [0.2, 0.25) is 0 Å². The molecule has 0 amide bonds. The summed E-state index contributed by atoms with van der Waals surface area (Å²) in [6.07, 6.45) is 3.18. The van der Waals surface area contributed by atoms with Gasteiger partial charge in [-0.05, 0) is 12.1 Å². The second kappa shape index (κ2) is 6.06. The number of rotatable bonds is 3. The number of morpholine rings is 1. The number of hydrogen-bond acceptors (Lipinski definition) is 6. The summed E-state index contributed by atoms with van der Waals surface area (Å²) in [5.41, 5.74) is 1.81. The van der Waals surface area contributed by atoms with Crippen LogP contribution >= 0.6 is 0 Å². The molecule has 0 spiro atoms. The molecule has 3 heterocycles. The number of aromatic nitrogens is 3. The maximum absolute atomic E-state index is 11.3. The van der Waals surface area contributed by atoms with Crippen LogP contribution in [0.15, 0.2) is 36.7 Å². The first-order valence-corrected chi connectivity index (χ1v) is 7.87. The molecule has 0 atom stereocenters. The molecule has 0 aliphatic carbocycles. The van der Waals surface area contributed by atoms with Crippen LogP contribution in [0.25, 0.3) is 16.9 Å². The Labute approximate surface area is 142 Å². The number of phenols is 1. The van der Waals surface area contributed by atoms with Gasteiger partial charge in [-0.1, -0.05) is 12.1 Å². The van der Waals surface area contributed by atoms with Gasteiger partial charge in [0.1, 0.15) is 5.75 Å². The number of benzene rings is 1. The molecule has 2 N–H and O–H groups in total. The van der Waals surface area contributed by atoms with Crippen molar-refractivity contribution in [3.05, 3.63) is 42.4 Å². The lowest BCUT2D eigenvalue weighted by Crippen LogP contribution is -2.37. The van der Waals surface area contributed by atoms with E-state index in [1.165, 1.54) is 6.20 Å². The van der Waals surface area contributed by atoms with Crippen LogP contribution in [0.5, 0.6) is 5.75 Å². The van der Waals surface area contributed by atoms with Gasteiger partial charge in [-0.15, -0.1) is 0 Å². The van der Waals surface area contributed by atoms with Crippen LogP contribution in [-0.2, 0) is 4.74 Å². The van der Waals surface area contributed by atoms with E-state index in [1.807, 2.05) is 11.0 Å². The molecular weight excluding hydrogens is 324 g/mol. The van der Waals surface area contributed by atoms with E-state index < -0.39 is 5.97 Å². The molecule has 0 saturated carbocycles. The highest BCUT2D eigenvalue weighted by molar-refractivity contribution is 5.87.